The normalized spacial score (nSPS) is 15.3. The van der Waals surface area contributed by atoms with Crippen LogP contribution >= 0.6 is 12.4 Å². The van der Waals surface area contributed by atoms with Crippen molar-refractivity contribution in [3.8, 4) is 0 Å². The molecule has 3 aromatic carbocycles. The highest BCUT2D eigenvalue weighted by Crippen LogP contribution is 2.32. The summed E-state index contributed by atoms with van der Waals surface area (Å²) < 4.78 is 0. The van der Waals surface area contributed by atoms with Gasteiger partial charge >= 0.3 is 0 Å². The van der Waals surface area contributed by atoms with Crippen LogP contribution in [0, 0.1) is 0 Å². The third kappa shape index (κ3) is 3.93. The zero-order valence-corrected chi connectivity index (χ0v) is 17.2. The highest BCUT2D eigenvalue weighted by atomic mass is 35.5. The number of pyridine rings is 1. The summed E-state index contributed by atoms with van der Waals surface area (Å²) in [5.41, 5.74) is 4.67. The number of rotatable bonds is 5. The molecular weight excluding hydrogens is 378 g/mol. The summed E-state index contributed by atoms with van der Waals surface area (Å²) in [6.07, 6.45) is 2.59. The number of nitrogens with one attached hydrogen (secondary N) is 1. The first-order valence-corrected chi connectivity index (χ1v) is 10.2. The lowest BCUT2D eigenvalue weighted by atomic mass is 10.0. The van der Waals surface area contributed by atoms with Crippen LogP contribution in [0.4, 0.5) is 5.69 Å². The molecule has 0 bridgehead atoms. The summed E-state index contributed by atoms with van der Waals surface area (Å²) >= 11 is 0. The van der Waals surface area contributed by atoms with E-state index >= 15 is 0 Å². The summed E-state index contributed by atoms with van der Waals surface area (Å²) in [7, 11) is 0. The fourth-order valence-corrected chi connectivity index (χ4v) is 4.42. The Balaban J connectivity index is 0.00000205. The number of hydrogen-bond acceptors (Lipinski definition) is 3. The van der Waals surface area contributed by atoms with E-state index in [9.17, 15) is 0 Å². The van der Waals surface area contributed by atoms with Gasteiger partial charge in [0.1, 0.15) is 0 Å². The topological polar surface area (TPSA) is 28.2 Å². The second-order valence-electron chi connectivity index (χ2n) is 7.57. The van der Waals surface area contributed by atoms with Crippen LogP contribution in [0.2, 0.25) is 0 Å². The molecule has 1 aliphatic rings. The third-order valence-electron chi connectivity index (χ3n) is 5.83. The van der Waals surface area contributed by atoms with Crippen LogP contribution in [0.3, 0.4) is 0 Å². The summed E-state index contributed by atoms with van der Waals surface area (Å²) in [4.78, 5) is 7.47. The number of benzene rings is 3. The minimum absolute atomic E-state index is 0. The van der Waals surface area contributed by atoms with Gasteiger partial charge in [0.05, 0.1) is 22.8 Å². The molecule has 1 aromatic heterocycles. The Morgan fingerprint density at radius 1 is 0.759 bits per heavy atom. The van der Waals surface area contributed by atoms with Gasteiger partial charge in [0.2, 0.25) is 0 Å². The molecule has 1 atom stereocenters. The predicted octanol–water partition coefficient (Wildman–Crippen LogP) is 6.06. The lowest BCUT2D eigenvalue weighted by molar-refractivity contribution is 0.256. The molecule has 4 aromatic rings. The Morgan fingerprint density at radius 3 is 1.93 bits per heavy atom. The second kappa shape index (κ2) is 8.81. The van der Waals surface area contributed by atoms with Crippen LogP contribution in [-0.2, 0) is 0 Å². The second-order valence-corrected chi connectivity index (χ2v) is 7.57. The number of nitrogens with zero attached hydrogens (tertiary/aromatic N) is 2. The maximum Gasteiger partial charge on any atom is 0.0730 e. The molecule has 0 spiro atoms. The zero-order chi connectivity index (χ0) is 18.8. The van der Waals surface area contributed by atoms with Crippen LogP contribution in [0.25, 0.3) is 21.8 Å². The lowest BCUT2D eigenvalue weighted by Crippen LogP contribution is -2.31. The summed E-state index contributed by atoms with van der Waals surface area (Å²) in [5.74, 6) is 0. The number of halogens is 1. The van der Waals surface area contributed by atoms with E-state index < -0.39 is 0 Å². The molecule has 5 rings (SSSR count). The van der Waals surface area contributed by atoms with Gasteiger partial charge in [-0.2, -0.15) is 0 Å². The van der Waals surface area contributed by atoms with Crippen molar-refractivity contribution in [2.24, 2.45) is 0 Å². The fourth-order valence-electron chi connectivity index (χ4n) is 4.42. The van der Waals surface area contributed by atoms with Gasteiger partial charge in [0, 0.05) is 17.3 Å². The van der Waals surface area contributed by atoms with Crippen molar-refractivity contribution in [3.63, 3.8) is 0 Å². The first-order valence-electron chi connectivity index (χ1n) is 10.2. The molecule has 148 valence electrons. The van der Waals surface area contributed by atoms with E-state index in [2.05, 4.69) is 89.1 Å². The van der Waals surface area contributed by atoms with E-state index in [0.29, 0.717) is 6.04 Å². The molecule has 0 saturated carbocycles. The minimum Gasteiger partial charge on any atom is -0.382 e. The summed E-state index contributed by atoms with van der Waals surface area (Å²) in [6.45, 7) is 3.25. The Hall–Kier alpha value is -2.62. The molecule has 1 fully saturated rings. The predicted molar refractivity (Wildman–Crippen MR) is 125 cm³/mol. The first kappa shape index (κ1) is 19.7. The van der Waals surface area contributed by atoms with Crippen LogP contribution < -0.4 is 5.32 Å². The fraction of sp³-hybridized carbons (Fsp3) is 0.240. The molecule has 0 radical (unpaired) electrons. The summed E-state index contributed by atoms with van der Waals surface area (Å²) in [6, 6.07) is 28.1. The molecule has 29 heavy (non-hydrogen) atoms. The van der Waals surface area contributed by atoms with E-state index in [4.69, 9.17) is 4.98 Å². The van der Waals surface area contributed by atoms with E-state index in [0.717, 1.165) is 17.6 Å². The number of likely N-dealkylation sites (tertiary alicyclic amines) is 1. The third-order valence-corrected chi connectivity index (χ3v) is 5.83. The Labute approximate surface area is 178 Å². The number of anilines is 1. The standard InChI is InChI=1S/C25H25N3.ClH/c1-2-10-19(11-3-1)24(28-16-8-9-17-28)18-26-25-20-12-4-6-14-22(20)27-23-15-7-5-13-21(23)25;/h1-7,10-15,24H,8-9,16-18H2,(H,26,27);1H. The van der Waals surface area contributed by atoms with Crippen molar-refractivity contribution >= 4 is 39.9 Å². The molecule has 1 saturated heterocycles. The van der Waals surface area contributed by atoms with Crippen molar-refractivity contribution in [2.75, 3.05) is 25.0 Å². The van der Waals surface area contributed by atoms with Gasteiger partial charge in [-0.25, -0.2) is 4.98 Å². The number of aromatic nitrogens is 1. The van der Waals surface area contributed by atoms with E-state index in [1.807, 2.05) is 0 Å². The monoisotopic (exact) mass is 403 g/mol. The van der Waals surface area contributed by atoms with Gasteiger partial charge < -0.3 is 5.32 Å². The van der Waals surface area contributed by atoms with E-state index in [-0.39, 0.29) is 12.4 Å². The maximum atomic E-state index is 4.85. The Kier molecular flexibility index (Phi) is 5.98. The van der Waals surface area contributed by atoms with E-state index in [1.54, 1.807) is 0 Å². The van der Waals surface area contributed by atoms with Crippen molar-refractivity contribution in [3.05, 3.63) is 84.4 Å². The van der Waals surface area contributed by atoms with Gasteiger partial charge in [-0.05, 0) is 43.6 Å². The quantitative estimate of drug-likeness (QED) is 0.410. The average molecular weight is 404 g/mol. The molecule has 2 heterocycles. The van der Waals surface area contributed by atoms with Gasteiger partial charge in [0.25, 0.3) is 0 Å². The van der Waals surface area contributed by atoms with E-state index in [1.165, 1.54) is 48.0 Å². The lowest BCUT2D eigenvalue weighted by Gasteiger charge is -2.29. The molecule has 1 unspecified atom stereocenters. The Morgan fingerprint density at radius 2 is 1.31 bits per heavy atom. The van der Waals surface area contributed by atoms with Crippen molar-refractivity contribution in [1.82, 2.24) is 9.88 Å². The number of hydrogen-bond donors (Lipinski definition) is 1. The first-order chi connectivity index (χ1) is 13.9. The molecule has 3 nitrogen and oxygen atoms in total. The SMILES string of the molecule is Cl.c1ccc(C(CNc2c3ccccc3nc3ccccc23)N2CCCC2)cc1. The molecular formula is C25H26ClN3. The highest BCUT2D eigenvalue weighted by Gasteiger charge is 2.23. The number of para-hydroxylation sites is 2. The summed E-state index contributed by atoms with van der Waals surface area (Å²) in [5, 5.41) is 6.20. The molecule has 4 heteroatoms. The van der Waals surface area contributed by atoms with Gasteiger partial charge in [-0.15, -0.1) is 12.4 Å². The zero-order valence-electron chi connectivity index (χ0n) is 16.4. The molecule has 0 aliphatic carbocycles. The van der Waals surface area contributed by atoms with Crippen LogP contribution in [0.15, 0.2) is 78.9 Å². The van der Waals surface area contributed by atoms with Crippen LogP contribution in [-0.4, -0.2) is 29.5 Å². The molecule has 1 N–H and O–H groups in total. The number of fused-ring (bicyclic) bond motifs is 2. The largest absolute Gasteiger partial charge is 0.382 e. The smallest absolute Gasteiger partial charge is 0.0730 e. The van der Waals surface area contributed by atoms with Crippen molar-refractivity contribution in [2.45, 2.75) is 18.9 Å². The van der Waals surface area contributed by atoms with Crippen LogP contribution in [0.5, 0.6) is 0 Å². The highest BCUT2D eigenvalue weighted by molar-refractivity contribution is 6.07. The average Bonchev–Trinajstić information content (AvgIpc) is 3.28. The Bertz CT molecular complexity index is 1040. The van der Waals surface area contributed by atoms with Crippen molar-refractivity contribution in [1.29, 1.82) is 0 Å². The minimum atomic E-state index is 0. The maximum absolute atomic E-state index is 4.85. The van der Waals surface area contributed by atoms with Gasteiger partial charge in [-0.3, -0.25) is 4.90 Å². The van der Waals surface area contributed by atoms with Crippen molar-refractivity contribution < 1.29 is 0 Å². The molecule has 0 amide bonds. The van der Waals surface area contributed by atoms with Crippen LogP contribution in [0.1, 0.15) is 24.4 Å². The molecule has 1 aliphatic heterocycles. The van der Waals surface area contributed by atoms with Gasteiger partial charge in [-0.1, -0.05) is 66.7 Å². The van der Waals surface area contributed by atoms with Gasteiger partial charge in [0.15, 0.2) is 0 Å².